The van der Waals surface area contributed by atoms with E-state index < -0.39 is 0 Å². The lowest BCUT2D eigenvalue weighted by Gasteiger charge is -2.29. The summed E-state index contributed by atoms with van der Waals surface area (Å²) in [5, 5.41) is 2.92. The highest BCUT2D eigenvalue weighted by molar-refractivity contribution is 5.90. The predicted molar refractivity (Wildman–Crippen MR) is 106 cm³/mol. The van der Waals surface area contributed by atoms with Crippen LogP contribution in [-0.4, -0.2) is 60.9 Å². The van der Waals surface area contributed by atoms with Gasteiger partial charge in [-0.25, -0.2) is 0 Å². The molecule has 2 fully saturated rings. The van der Waals surface area contributed by atoms with Gasteiger partial charge in [-0.2, -0.15) is 0 Å². The van der Waals surface area contributed by atoms with Crippen molar-refractivity contribution in [3.05, 3.63) is 24.3 Å². The molecule has 0 unspecified atom stereocenters. The van der Waals surface area contributed by atoms with Crippen LogP contribution >= 0.6 is 0 Å². The maximum absolute atomic E-state index is 12.1. The van der Waals surface area contributed by atoms with E-state index in [0.717, 1.165) is 56.8 Å². The second kappa shape index (κ2) is 9.74. The zero-order valence-electron chi connectivity index (χ0n) is 16.3. The third-order valence-electron chi connectivity index (χ3n) is 5.36. The summed E-state index contributed by atoms with van der Waals surface area (Å²) in [5.41, 5.74) is 0.782. The molecule has 2 saturated heterocycles. The molecule has 3 rings (SSSR count). The summed E-state index contributed by atoms with van der Waals surface area (Å²) >= 11 is 0. The van der Waals surface area contributed by atoms with Crippen LogP contribution in [0.5, 0.6) is 5.75 Å². The van der Waals surface area contributed by atoms with Crippen LogP contribution in [0.1, 0.15) is 44.9 Å². The number of nitrogens with zero attached hydrogens (tertiary/aromatic N) is 2. The van der Waals surface area contributed by atoms with Gasteiger partial charge in [-0.05, 0) is 63.4 Å². The standard InChI is InChI=1S/C21H31N3O3/c1-23-15-11-19(12-16-23)27-18-9-7-17(8-10-18)22-20(25)5-4-14-24-13-3-2-6-21(24)26/h7-10,19H,2-6,11-16H2,1H3,(H,22,25). The van der Waals surface area contributed by atoms with Crippen LogP contribution in [0.25, 0.3) is 0 Å². The number of ether oxygens (including phenoxy) is 1. The van der Waals surface area contributed by atoms with E-state index >= 15 is 0 Å². The highest BCUT2D eigenvalue weighted by atomic mass is 16.5. The molecule has 0 radical (unpaired) electrons. The third kappa shape index (κ3) is 6.24. The Morgan fingerprint density at radius 3 is 2.59 bits per heavy atom. The van der Waals surface area contributed by atoms with Crippen molar-refractivity contribution < 1.29 is 14.3 Å². The highest BCUT2D eigenvalue weighted by Gasteiger charge is 2.19. The van der Waals surface area contributed by atoms with Crippen LogP contribution in [0.2, 0.25) is 0 Å². The molecule has 1 aromatic rings. The van der Waals surface area contributed by atoms with Gasteiger partial charge in [0.05, 0.1) is 0 Å². The average molecular weight is 373 g/mol. The van der Waals surface area contributed by atoms with Crippen LogP contribution in [0.4, 0.5) is 5.69 Å². The molecule has 2 amide bonds. The zero-order valence-corrected chi connectivity index (χ0v) is 16.3. The van der Waals surface area contributed by atoms with Crippen molar-refractivity contribution in [1.82, 2.24) is 9.80 Å². The van der Waals surface area contributed by atoms with Crippen molar-refractivity contribution in [1.29, 1.82) is 0 Å². The quantitative estimate of drug-likeness (QED) is 0.798. The van der Waals surface area contributed by atoms with E-state index in [4.69, 9.17) is 4.74 Å². The maximum atomic E-state index is 12.1. The van der Waals surface area contributed by atoms with Gasteiger partial charge >= 0.3 is 0 Å². The fourth-order valence-electron chi connectivity index (χ4n) is 3.66. The first-order valence-corrected chi connectivity index (χ1v) is 10.1. The fraction of sp³-hybridized carbons (Fsp3) is 0.619. The molecular formula is C21H31N3O3. The van der Waals surface area contributed by atoms with Crippen molar-refractivity contribution >= 4 is 17.5 Å². The molecule has 0 bridgehead atoms. The van der Waals surface area contributed by atoms with Crippen LogP contribution in [0.15, 0.2) is 24.3 Å². The van der Waals surface area contributed by atoms with Crippen LogP contribution in [0.3, 0.4) is 0 Å². The molecule has 148 valence electrons. The molecule has 0 saturated carbocycles. The second-order valence-electron chi connectivity index (χ2n) is 7.63. The topological polar surface area (TPSA) is 61.9 Å². The largest absolute Gasteiger partial charge is 0.490 e. The molecule has 6 nitrogen and oxygen atoms in total. The van der Waals surface area contributed by atoms with E-state index in [0.29, 0.717) is 25.8 Å². The Labute approximate surface area is 161 Å². The number of rotatable bonds is 7. The van der Waals surface area contributed by atoms with Gasteiger partial charge in [0.25, 0.3) is 0 Å². The Morgan fingerprint density at radius 2 is 1.89 bits per heavy atom. The minimum atomic E-state index is -0.0107. The summed E-state index contributed by atoms with van der Waals surface area (Å²) in [6.07, 6.45) is 6.23. The first-order chi connectivity index (χ1) is 13.1. The smallest absolute Gasteiger partial charge is 0.224 e. The van der Waals surface area contributed by atoms with Crippen molar-refractivity contribution in [2.75, 3.05) is 38.5 Å². The average Bonchev–Trinajstić information content (AvgIpc) is 2.67. The summed E-state index contributed by atoms with van der Waals surface area (Å²) in [5.74, 6) is 1.07. The number of anilines is 1. The van der Waals surface area contributed by atoms with E-state index in [1.807, 2.05) is 29.2 Å². The van der Waals surface area contributed by atoms with Crippen molar-refractivity contribution in [3.63, 3.8) is 0 Å². The van der Waals surface area contributed by atoms with E-state index in [9.17, 15) is 9.59 Å². The molecule has 0 aromatic heterocycles. The molecule has 2 heterocycles. The molecular weight excluding hydrogens is 342 g/mol. The number of likely N-dealkylation sites (tertiary alicyclic amines) is 2. The normalized spacial score (nSPS) is 19.1. The zero-order chi connectivity index (χ0) is 19.1. The van der Waals surface area contributed by atoms with Crippen molar-refractivity contribution in [2.24, 2.45) is 0 Å². The Hall–Kier alpha value is -2.08. The van der Waals surface area contributed by atoms with Crippen LogP contribution < -0.4 is 10.1 Å². The summed E-state index contributed by atoms with van der Waals surface area (Å²) in [6, 6.07) is 7.60. The SMILES string of the molecule is CN1CCC(Oc2ccc(NC(=O)CCCN3CCCCC3=O)cc2)CC1. The third-order valence-corrected chi connectivity index (χ3v) is 5.36. The Balaban J connectivity index is 1.37. The number of benzene rings is 1. The molecule has 0 aliphatic carbocycles. The first-order valence-electron chi connectivity index (χ1n) is 10.1. The number of nitrogens with one attached hydrogen (secondary N) is 1. The van der Waals surface area contributed by atoms with Gasteiger partial charge < -0.3 is 19.9 Å². The number of carbonyl (C=O) groups excluding carboxylic acids is 2. The number of amides is 2. The Morgan fingerprint density at radius 1 is 1.15 bits per heavy atom. The molecule has 2 aliphatic rings. The molecule has 27 heavy (non-hydrogen) atoms. The monoisotopic (exact) mass is 373 g/mol. The van der Waals surface area contributed by atoms with Gasteiger partial charge in [0.15, 0.2) is 0 Å². The van der Waals surface area contributed by atoms with Crippen LogP contribution in [0, 0.1) is 0 Å². The Kier molecular flexibility index (Phi) is 7.10. The number of piperidine rings is 2. The number of carbonyl (C=O) groups is 2. The summed E-state index contributed by atoms with van der Waals surface area (Å²) in [7, 11) is 2.14. The molecule has 0 spiro atoms. The van der Waals surface area contributed by atoms with E-state index in [-0.39, 0.29) is 17.9 Å². The van der Waals surface area contributed by atoms with Gasteiger partial charge in [-0.3, -0.25) is 9.59 Å². The van der Waals surface area contributed by atoms with Crippen molar-refractivity contribution in [2.45, 2.75) is 51.0 Å². The van der Waals surface area contributed by atoms with Gasteiger partial charge in [-0.1, -0.05) is 0 Å². The molecule has 2 aliphatic heterocycles. The molecule has 1 aromatic carbocycles. The highest BCUT2D eigenvalue weighted by Crippen LogP contribution is 2.21. The van der Waals surface area contributed by atoms with Gasteiger partial charge in [0.2, 0.25) is 11.8 Å². The Bertz CT molecular complexity index is 624. The predicted octanol–water partition coefficient (Wildman–Crippen LogP) is 2.89. The van der Waals surface area contributed by atoms with Gasteiger partial charge in [-0.15, -0.1) is 0 Å². The number of hydrogen-bond donors (Lipinski definition) is 1. The summed E-state index contributed by atoms with van der Waals surface area (Å²) < 4.78 is 6.03. The second-order valence-corrected chi connectivity index (χ2v) is 7.63. The lowest BCUT2D eigenvalue weighted by molar-refractivity contribution is -0.133. The molecule has 1 N–H and O–H groups in total. The summed E-state index contributed by atoms with van der Waals surface area (Å²) in [6.45, 7) is 3.65. The van der Waals surface area contributed by atoms with Gasteiger partial charge in [0, 0.05) is 44.7 Å². The fourth-order valence-corrected chi connectivity index (χ4v) is 3.66. The van der Waals surface area contributed by atoms with E-state index in [2.05, 4.69) is 17.3 Å². The van der Waals surface area contributed by atoms with Gasteiger partial charge in [0.1, 0.15) is 11.9 Å². The number of hydrogen-bond acceptors (Lipinski definition) is 4. The summed E-state index contributed by atoms with van der Waals surface area (Å²) in [4.78, 5) is 28.1. The lowest BCUT2D eigenvalue weighted by atomic mass is 10.1. The maximum Gasteiger partial charge on any atom is 0.224 e. The first kappa shape index (κ1) is 19.7. The minimum absolute atomic E-state index is 0.0107. The van der Waals surface area contributed by atoms with E-state index in [1.165, 1.54) is 0 Å². The van der Waals surface area contributed by atoms with Crippen LogP contribution in [-0.2, 0) is 9.59 Å². The minimum Gasteiger partial charge on any atom is -0.490 e. The van der Waals surface area contributed by atoms with E-state index in [1.54, 1.807) is 0 Å². The lowest BCUT2D eigenvalue weighted by Crippen LogP contribution is -2.36. The molecule has 6 heteroatoms. The molecule has 0 atom stereocenters. The van der Waals surface area contributed by atoms with Crippen molar-refractivity contribution in [3.8, 4) is 5.75 Å².